The van der Waals surface area contributed by atoms with E-state index in [4.69, 9.17) is 5.84 Å². The second kappa shape index (κ2) is 4.31. The number of hydrazine groups is 1. The van der Waals surface area contributed by atoms with Crippen LogP contribution in [0.5, 0.6) is 0 Å². The van der Waals surface area contributed by atoms with Crippen LogP contribution in [0.3, 0.4) is 0 Å². The van der Waals surface area contributed by atoms with Crippen molar-refractivity contribution in [2.45, 2.75) is 18.4 Å². The number of nitrogens with one attached hydrogen (secondary N) is 2. The third-order valence-electron chi connectivity index (χ3n) is 2.70. The van der Waals surface area contributed by atoms with Crippen molar-refractivity contribution in [3.8, 4) is 0 Å². The Kier molecular flexibility index (Phi) is 2.87. The van der Waals surface area contributed by atoms with Gasteiger partial charge in [-0.05, 0) is 12.0 Å². The van der Waals surface area contributed by atoms with Crippen molar-refractivity contribution in [2.24, 2.45) is 10.8 Å². The summed E-state index contributed by atoms with van der Waals surface area (Å²) in [7, 11) is 1.71. The van der Waals surface area contributed by atoms with E-state index >= 15 is 0 Å². The van der Waals surface area contributed by atoms with Crippen molar-refractivity contribution >= 4 is 5.96 Å². The number of nitrogens with zero attached hydrogens (tertiary/aromatic N) is 1. The highest BCUT2D eigenvalue weighted by atomic mass is 15.3. The first kappa shape index (κ1) is 9.98. The summed E-state index contributed by atoms with van der Waals surface area (Å²) in [6, 6.07) is 11.0. The first-order valence-electron chi connectivity index (χ1n) is 5.10. The topological polar surface area (TPSA) is 62.4 Å². The van der Waals surface area contributed by atoms with Gasteiger partial charge in [-0.25, -0.2) is 5.84 Å². The van der Waals surface area contributed by atoms with Gasteiger partial charge in [0.1, 0.15) is 0 Å². The molecule has 0 aliphatic heterocycles. The fourth-order valence-electron chi connectivity index (χ4n) is 1.77. The number of rotatable bonds is 2. The van der Waals surface area contributed by atoms with Gasteiger partial charge in [0.2, 0.25) is 5.96 Å². The fraction of sp³-hybridized carbons (Fsp3) is 0.364. The van der Waals surface area contributed by atoms with E-state index in [0.717, 1.165) is 6.42 Å². The number of aliphatic imine (C=N–C) groups is 1. The van der Waals surface area contributed by atoms with Gasteiger partial charge in [-0.3, -0.25) is 10.4 Å². The Morgan fingerprint density at radius 3 is 2.73 bits per heavy atom. The van der Waals surface area contributed by atoms with Crippen molar-refractivity contribution in [1.82, 2.24) is 10.7 Å². The third kappa shape index (κ3) is 2.27. The fourth-order valence-corrected chi connectivity index (χ4v) is 1.77. The van der Waals surface area contributed by atoms with Crippen LogP contribution in [0.1, 0.15) is 17.9 Å². The number of hydrogen-bond acceptors (Lipinski definition) is 2. The lowest BCUT2D eigenvalue weighted by atomic mass is 10.1. The molecular formula is C11H16N4. The summed E-state index contributed by atoms with van der Waals surface area (Å²) in [6.07, 6.45) is 1.14. The van der Waals surface area contributed by atoms with Gasteiger partial charge in [0, 0.05) is 19.0 Å². The van der Waals surface area contributed by atoms with Gasteiger partial charge in [0.05, 0.1) is 0 Å². The molecule has 1 aliphatic carbocycles. The molecule has 0 bridgehead atoms. The predicted octanol–water partition coefficient (Wildman–Crippen LogP) is 0.581. The molecular weight excluding hydrogens is 188 g/mol. The minimum Gasteiger partial charge on any atom is -0.352 e. The largest absolute Gasteiger partial charge is 0.352 e. The van der Waals surface area contributed by atoms with E-state index in [1.54, 1.807) is 7.05 Å². The van der Waals surface area contributed by atoms with E-state index in [0.29, 0.717) is 17.9 Å². The maximum absolute atomic E-state index is 5.30. The van der Waals surface area contributed by atoms with Crippen LogP contribution in [0.4, 0.5) is 0 Å². The molecule has 2 rings (SSSR count). The van der Waals surface area contributed by atoms with Crippen molar-refractivity contribution in [1.29, 1.82) is 0 Å². The Morgan fingerprint density at radius 2 is 2.13 bits per heavy atom. The van der Waals surface area contributed by atoms with Crippen LogP contribution >= 0.6 is 0 Å². The molecule has 0 radical (unpaired) electrons. The SMILES string of the molecule is CN=C(NN)NC1CC1c1ccccc1. The van der Waals surface area contributed by atoms with Gasteiger partial charge in [-0.2, -0.15) is 0 Å². The summed E-state index contributed by atoms with van der Waals surface area (Å²) in [5.74, 6) is 6.55. The highest BCUT2D eigenvalue weighted by Gasteiger charge is 2.38. The summed E-state index contributed by atoms with van der Waals surface area (Å²) in [4.78, 5) is 3.98. The van der Waals surface area contributed by atoms with Crippen molar-refractivity contribution in [2.75, 3.05) is 7.05 Å². The van der Waals surface area contributed by atoms with Crippen LogP contribution in [0.25, 0.3) is 0 Å². The lowest BCUT2D eigenvalue weighted by Gasteiger charge is -2.07. The summed E-state index contributed by atoms with van der Waals surface area (Å²) >= 11 is 0. The van der Waals surface area contributed by atoms with E-state index in [-0.39, 0.29) is 0 Å². The second-order valence-electron chi connectivity index (χ2n) is 3.72. The minimum atomic E-state index is 0.460. The van der Waals surface area contributed by atoms with Gasteiger partial charge in [-0.1, -0.05) is 30.3 Å². The molecule has 1 aromatic rings. The van der Waals surface area contributed by atoms with Crippen molar-refractivity contribution < 1.29 is 0 Å². The molecule has 2 atom stereocenters. The summed E-state index contributed by atoms with van der Waals surface area (Å²) in [5, 5.41) is 3.25. The zero-order valence-electron chi connectivity index (χ0n) is 8.77. The predicted molar refractivity (Wildman–Crippen MR) is 61.4 cm³/mol. The maximum atomic E-state index is 5.30. The molecule has 4 N–H and O–H groups in total. The van der Waals surface area contributed by atoms with E-state index in [2.05, 4.69) is 40.0 Å². The molecule has 0 amide bonds. The molecule has 0 saturated heterocycles. The molecule has 15 heavy (non-hydrogen) atoms. The molecule has 1 aliphatic rings. The number of nitrogens with two attached hydrogens (primary N) is 1. The summed E-state index contributed by atoms with van der Waals surface area (Å²) < 4.78 is 0. The molecule has 4 nitrogen and oxygen atoms in total. The average molecular weight is 204 g/mol. The minimum absolute atomic E-state index is 0.460. The van der Waals surface area contributed by atoms with Crippen LogP contribution in [0, 0.1) is 0 Å². The third-order valence-corrected chi connectivity index (χ3v) is 2.70. The van der Waals surface area contributed by atoms with Crippen molar-refractivity contribution in [3.05, 3.63) is 35.9 Å². The summed E-state index contributed by atoms with van der Waals surface area (Å²) in [6.45, 7) is 0. The molecule has 0 heterocycles. The molecule has 0 aromatic heterocycles. The smallest absolute Gasteiger partial charge is 0.205 e. The molecule has 1 saturated carbocycles. The monoisotopic (exact) mass is 204 g/mol. The Balaban J connectivity index is 1.92. The van der Waals surface area contributed by atoms with Gasteiger partial charge in [0.15, 0.2) is 0 Å². The quantitative estimate of drug-likeness (QED) is 0.286. The molecule has 1 aromatic carbocycles. The second-order valence-corrected chi connectivity index (χ2v) is 3.72. The Hall–Kier alpha value is -1.55. The van der Waals surface area contributed by atoms with Crippen molar-refractivity contribution in [3.63, 3.8) is 0 Å². The number of guanidine groups is 1. The average Bonchev–Trinajstić information content (AvgIpc) is 3.06. The molecule has 2 unspecified atom stereocenters. The van der Waals surface area contributed by atoms with E-state index < -0.39 is 0 Å². The van der Waals surface area contributed by atoms with Crippen LogP contribution in [0.2, 0.25) is 0 Å². The van der Waals surface area contributed by atoms with Gasteiger partial charge >= 0.3 is 0 Å². The van der Waals surface area contributed by atoms with E-state index in [9.17, 15) is 0 Å². The molecule has 1 fully saturated rings. The number of benzene rings is 1. The highest BCUT2D eigenvalue weighted by Crippen LogP contribution is 2.40. The lowest BCUT2D eigenvalue weighted by Crippen LogP contribution is -2.42. The molecule has 80 valence electrons. The normalized spacial score (nSPS) is 24.8. The molecule has 0 spiro atoms. The first-order chi connectivity index (χ1) is 7.35. The Bertz CT molecular complexity index is 347. The van der Waals surface area contributed by atoms with E-state index in [1.165, 1.54) is 5.56 Å². The van der Waals surface area contributed by atoms with Gasteiger partial charge in [0.25, 0.3) is 0 Å². The maximum Gasteiger partial charge on any atom is 0.205 e. The van der Waals surface area contributed by atoms with Crippen LogP contribution in [-0.2, 0) is 0 Å². The lowest BCUT2D eigenvalue weighted by molar-refractivity contribution is 0.813. The van der Waals surface area contributed by atoms with Gasteiger partial charge in [-0.15, -0.1) is 0 Å². The van der Waals surface area contributed by atoms with Crippen LogP contribution < -0.4 is 16.6 Å². The van der Waals surface area contributed by atoms with Crippen LogP contribution in [0.15, 0.2) is 35.3 Å². The van der Waals surface area contributed by atoms with Gasteiger partial charge < -0.3 is 5.32 Å². The standard InChI is InChI=1S/C11H16N4/c1-13-11(15-12)14-10-7-9(10)8-5-3-2-4-6-8/h2-6,9-10H,7,12H2,1H3,(H2,13,14,15). The van der Waals surface area contributed by atoms with Crippen LogP contribution in [-0.4, -0.2) is 19.0 Å². The molecule has 4 heteroatoms. The van der Waals surface area contributed by atoms with E-state index in [1.807, 2.05) is 6.07 Å². The highest BCUT2D eigenvalue weighted by molar-refractivity contribution is 5.79. The number of hydrogen-bond donors (Lipinski definition) is 3. The Labute approximate surface area is 89.6 Å². The zero-order valence-corrected chi connectivity index (χ0v) is 8.77. The summed E-state index contributed by atoms with van der Waals surface area (Å²) in [5.41, 5.74) is 3.91. The zero-order chi connectivity index (χ0) is 10.7. The first-order valence-corrected chi connectivity index (χ1v) is 5.10. The Morgan fingerprint density at radius 1 is 1.40 bits per heavy atom.